The second-order valence-corrected chi connectivity index (χ2v) is 7.88. The van der Waals surface area contributed by atoms with Gasteiger partial charge >= 0.3 is 0 Å². The lowest BCUT2D eigenvalue weighted by atomic mass is 10.1. The number of hydrogen-bond donors (Lipinski definition) is 4. The van der Waals surface area contributed by atoms with E-state index in [9.17, 15) is 14.4 Å². The molecule has 0 aliphatic rings. The van der Waals surface area contributed by atoms with Gasteiger partial charge < -0.3 is 21.3 Å². The fourth-order valence-electron chi connectivity index (χ4n) is 3.00. The zero-order valence-electron chi connectivity index (χ0n) is 18.7. The molecule has 0 bridgehead atoms. The summed E-state index contributed by atoms with van der Waals surface area (Å²) in [7, 11) is 0. The SMILES string of the molecule is CC(C)C(=O)Nc1cccc(NCC(=O)Nc2cccc(C(=O)NCc3ccccc3)c2)c1. The molecule has 3 amide bonds. The van der Waals surface area contributed by atoms with Crippen LogP contribution in [-0.4, -0.2) is 24.3 Å². The average molecular weight is 445 g/mol. The second-order valence-electron chi connectivity index (χ2n) is 7.88. The van der Waals surface area contributed by atoms with Crippen LogP contribution in [-0.2, 0) is 16.1 Å². The molecule has 3 aromatic rings. The first kappa shape index (κ1) is 23.5. The van der Waals surface area contributed by atoms with Crippen molar-refractivity contribution in [3.63, 3.8) is 0 Å². The molecular weight excluding hydrogens is 416 g/mol. The molecule has 0 heterocycles. The summed E-state index contributed by atoms with van der Waals surface area (Å²) >= 11 is 0. The van der Waals surface area contributed by atoms with Gasteiger partial charge in [0, 0.05) is 35.1 Å². The van der Waals surface area contributed by atoms with Crippen molar-refractivity contribution >= 4 is 34.8 Å². The van der Waals surface area contributed by atoms with E-state index in [1.807, 2.05) is 50.2 Å². The normalized spacial score (nSPS) is 10.4. The smallest absolute Gasteiger partial charge is 0.251 e. The highest BCUT2D eigenvalue weighted by molar-refractivity contribution is 5.98. The Bertz CT molecular complexity index is 1110. The lowest BCUT2D eigenvalue weighted by molar-refractivity contribution is -0.119. The van der Waals surface area contributed by atoms with E-state index in [2.05, 4.69) is 21.3 Å². The van der Waals surface area contributed by atoms with Gasteiger partial charge in [0.05, 0.1) is 6.54 Å². The minimum Gasteiger partial charge on any atom is -0.376 e. The Morgan fingerprint density at radius 3 is 2.15 bits per heavy atom. The first-order valence-corrected chi connectivity index (χ1v) is 10.8. The summed E-state index contributed by atoms with van der Waals surface area (Å²) in [6.45, 7) is 4.11. The monoisotopic (exact) mass is 444 g/mol. The summed E-state index contributed by atoms with van der Waals surface area (Å²) in [4.78, 5) is 36.7. The molecule has 7 nitrogen and oxygen atoms in total. The van der Waals surface area contributed by atoms with Gasteiger partial charge in [-0.05, 0) is 42.0 Å². The summed E-state index contributed by atoms with van der Waals surface area (Å²) < 4.78 is 0. The van der Waals surface area contributed by atoms with Gasteiger partial charge in [-0.25, -0.2) is 0 Å². The van der Waals surface area contributed by atoms with Crippen molar-refractivity contribution in [2.24, 2.45) is 5.92 Å². The number of amides is 3. The first-order chi connectivity index (χ1) is 15.9. The minimum absolute atomic E-state index is 0.0337. The Kier molecular flexibility index (Phi) is 8.18. The van der Waals surface area contributed by atoms with Gasteiger partial charge in [-0.2, -0.15) is 0 Å². The summed E-state index contributed by atoms with van der Waals surface area (Å²) in [6.07, 6.45) is 0. The highest BCUT2D eigenvalue weighted by atomic mass is 16.2. The zero-order chi connectivity index (χ0) is 23.6. The Balaban J connectivity index is 1.51. The molecule has 0 aliphatic heterocycles. The minimum atomic E-state index is -0.256. The second kappa shape index (κ2) is 11.5. The van der Waals surface area contributed by atoms with E-state index in [1.165, 1.54) is 0 Å². The maximum absolute atomic E-state index is 12.5. The lowest BCUT2D eigenvalue weighted by Crippen LogP contribution is -2.24. The van der Waals surface area contributed by atoms with Crippen LogP contribution in [0.3, 0.4) is 0 Å². The van der Waals surface area contributed by atoms with E-state index in [-0.39, 0.29) is 30.2 Å². The Hall–Kier alpha value is -4.13. The molecule has 0 fully saturated rings. The number of benzene rings is 3. The summed E-state index contributed by atoms with van der Waals surface area (Å²) in [5, 5.41) is 11.5. The molecule has 0 spiro atoms. The topological polar surface area (TPSA) is 99.3 Å². The third-order valence-electron chi connectivity index (χ3n) is 4.81. The van der Waals surface area contributed by atoms with E-state index in [4.69, 9.17) is 0 Å². The molecule has 4 N–H and O–H groups in total. The standard InChI is InChI=1S/C26H28N4O3/c1-18(2)25(32)30-23-13-7-11-21(15-23)27-17-24(31)29-22-12-6-10-20(14-22)26(33)28-16-19-8-4-3-5-9-19/h3-15,18,27H,16-17H2,1-2H3,(H,28,33)(H,29,31)(H,30,32). The molecule has 7 heteroatoms. The van der Waals surface area contributed by atoms with Crippen LogP contribution in [0.15, 0.2) is 78.9 Å². The van der Waals surface area contributed by atoms with Crippen molar-refractivity contribution in [3.05, 3.63) is 90.0 Å². The number of carbonyl (C=O) groups is 3. The van der Waals surface area contributed by atoms with Gasteiger partial charge in [0.2, 0.25) is 11.8 Å². The molecule has 0 aliphatic carbocycles. The van der Waals surface area contributed by atoms with E-state index in [0.717, 1.165) is 5.56 Å². The van der Waals surface area contributed by atoms with E-state index in [0.29, 0.717) is 29.2 Å². The summed E-state index contributed by atoms with van der Waals surface area (Å²) in [5.74, 6) is -0.664. The van der Waals surface area contributed by atoms with Crippen LogP contribution < -0.4 is 21.3 Å². The Labute approximate surface area is 193 Å². The quantitative estimate of drug-likeness (QED) is 0.396. The molecule has 33 heavy (non-hydrogen) atoms. The number of carbonyl (C=O) groups excluding carboxylic acids is 3. The molecular formula is C26H28N4O3. The molecule has 0 saturated carbocycles. The fraction of sp³-hybridized carbons (Fsp3) is 0.192. The molecule has 0 atom stereocenters. The average Bonchev–Trinajstić information content (AvgIpc) is 2.82. The molecule has 3 aromatic carbocycles. The fourth-order valence-corrected chi connectivity index (χ4v) is 3.00. The van der Waals surface area contributed by atoms with Gasteiger partial charge in [-0.3, -0.25) is 14.4 Å². The van der Waals surface area contributed by atoms with Gasteiger partial charge in [-0.15, -0.1) is 0 Å². The maximum atomic E-state index is 12.5. The molecule has 0 saturated heterocycles. The van der Waals surface area contributed by atoms with E-state index in [1.54, 1.807) is 42.5 Å². The number of nitrogens with one attached hydrogen (secondary N) is 4. The van der Waals surface area contributed by atoms with Gasteiger partial charge in [0.25, 0.3) is 5.91 Å². The van der Waals surface area contributed by atoms with Gasteiger partial charge in [0.15, 0.2) is 0 Å². The van der Waals surface area contributed by atoms with Crippen molar-refractivity contribution < 1.29 is 14.4 Å². The number of anilines is 3. The van der Waals surface area contributed by atoms with Crippen molar-refractivity contribution in [3.8, 4) is 0 Å². The predicted octanol–water partition coefficient (Wildman–Crippen LogP) is 4.26. The van der Waals surface area contributed by atoms with Crippen LogP contribution >= 0.6 is 0 Å². The van der Waals surface area contributed by atoms with Crippen LogP contribution in [0.5, 0.6) is 0 Å². The summed E-state index contributed by atoms with van der Waals surface area (Å²) in [5.41, 5.74) is 3.38. The lowest BCUT2D eigenvalue weighted by Gasteiger charge is -2.11. The van der Waals surface area contributed by atoms with Crippen molar-refractivity contribution in [1.82, 2.24) is 5.32 Å². The largest absolute Gasteiger partial charge is 0.376 e. The van der Waals surface area contributed by atoms with Crippen LogP contribution in [0.25, 0.3) is 0 Å². The van der Waals surface area contributed by atoms with Crippen molar-refractivity contribution in [1.29, 1.82) is 0 Å². The highest BCUT2D eigenvalue weighted by Gasteiger charge is 2.09. The van der Waals surface area contributed by atoms with Crippen molar-refractivity contribution in [2.75, 3.05) is 22.5 Å². The van der Waals surface area contributed by atoms with Crippen molar-refractivity contribution in [2.45, 2.75) is 20.4 Å². The van der Waals surface area contributed by atoms with Gasteiger partial charge in [0.1, 0.15) is 0 Å². The predicted molar refractivity (Wildman–Crippen MR) is 131 cm³/mol. The Morgan fingerprint density at radius 2 is 1.42 bits per heavy atom. The van der Waals surface area contributed by atoms with E-state index < -0.39 is 0 Å². The van der Waals surface area contributed by atoms with Gasteiger partial charge in [-0.1, -0.05) is 56.3 Å². The number of hydrogen-bond acceptors (Lipinski definition) is 4. The van der Waals surface area contributed by atoms with Crippen LogP contribution in [0, 0.1) is 5.92 Å². The molecule has 0 aromatic heterocycles. The number of rotatable bonds is 9. The third-order valence-corrected chi connectivity index (χ3v) is 4.81. The summed E-state index contributed by atoms with van der Waals surface area (Å²) in [6, 6.07) is 23.6. The Morgan fingerprint density at radius 1 is 0.758 bits per heavy atom. The molecule has 0 radical (unpaired) electrons. The van der Waals surface area contributed by atoms with E-state index >= 15 is 0 Å². The highest BCUT2D eigenvalue weighted by Crippen LogP contribution is 2.16. The van der Waals surface area contributed by atoms with Crippen LogP contribution in [0.4, 0.5) is 17.1 Å². The van der Waals surface area contributed by atoms with Crippen LogP contribution in [0.2, 0.25) is 0 Å². The molecule has 3 rings (SSSR count). The zero-order valence-corrected chi connectivity index (χ0v) is 18.7. The maximum Gasteiger partial charge on any atom is 0.251 e. The van der Waals surface area contributed by atoms with Crippen LogP contribution in [0.1, 0.15) is 29.8 Å². The molecule has 0 unspecified atom stereocenters. The third kappa shape index (κ3) is 7.50. The first-order valence-electron chi connectivity index (χ1n) is 10.8. The molecule has 170 valence electrons.